The molecule has 1 aromatic carbocycles. The van der Waals surface area contributed by atoms with Crippen molar-refractivity contribution in [1.82, 2.24) is 15.0 Å². The number of ether oxygens (including phenoxy) is 1. The number of furan rings is 1. The van der Waals surface area contributed by atoms with Crippen LogP contribution in [0.25, 0.3) is 0 Å². The fourth-order valence-corrected chi connectivity index (χ4v) is 2.36. The second-order valence-electron chi connectivity index (χ2n) is 4.77. The van der Waals surface area contributed by atoms with Gasteiger partial charge in [0.1, 0.15) is 5.76 Å². The Labute approximate surface area is 147 Å². The highest BCUT2D eigenvalue weighted by molar-refractivity contribution is 9.10. The molecule has 0 saturated heterocycles. The van der Waals surface area contributed by atoms with Crippen LogP contribution in [-0.4, -0.2) is 21.6 Å². The minimum atomic E-state index is 0.256. The summed E-state index contributed by atoms with van der Waals surface area (Å²) in [6.07, 6.45) is 1.62. The standard InChI is InChI=1S/C16H16BrN5O2/c1-2-23-16-21-14(18-10-13-7-4-8-24-13)20-15(22-16)19-12-6-3-5-11(17)9-12/h3-9H,2,10H2,1H3,(H2,18,19,20,21,22). The molecule has 0 aliphatic heterocycles. The van der Waals surface area contributed by atoms with Crippen LogP contribution in [0, 0.1) is 0 Å². The van der Waals surface area contributed by atoms with Gasteiger partial charge in [0.25, 0.3) is 0 Å². The first kappa shape index (κ1) is 16.3. The number of benzene rings is 1. The van der Waals surface area contributed by atoms with Crippen molar-refractivity contribution in [2.45, 2.75) is 13.5 Å². The maximum Gasteiger partial charge on any atom is 0.323 e. The fourth-order valence-electron chi connectivity index (χ4n) is 1.96. The molecular formula is C16H16BrN5O2. The lowest BCUT2D eigenvalue weighted by Crippen LogP contribution is -2.09. The molecule has 8 heteroatoms. The molecule has 0 radical (unpaired) electrons. The van der Waals surface area contributed by atoms with E-state index in [4.69, 9.17) is 9.15 Å². The van der Waals surface area contributed by atoms with Gasteiger partial charge in [0, 0.05) is 10.2 Å². The average Bonchev–Trinajstić information content (AvgIpc) is 3.07. The maximum absolute atomic E-state index is 5.41. The second-order valence-corrected chi connectivity index (χ2v) is 5.68. The predicted molar refractivity (Wildman–Crippen MR) is 94.5 cm³/mol. The van der Waals surface area contributed by atoms with E-state index in [2.05, 4.69) is 41.5 Å². The smallest absolute Gasteiger partial charge is 0.323 e. The van der Waals surface area contributed by atoms with E-state index in [9.17, 15) is 0 Å². The predicted octanol–water partition coefficient (Wildman–Crippen LogP) is 3.98. The second kappa shape index (κ2) is 7.78. The van der Waals surface area contributed by atoms with E-state index in [1.807, 2.05) is 43.3 Å². The molecule has 0 aliphatic rings. The molecule has 3 aromatic rings. The van der Waals surface area contributed by atoms with Crippen molar-refractivity contribution >= 4 is 33.5 Å². The van der Waals surface area contributed by atoms with Gasteiger partial charge < -0.3 is 19.8 Å². The van der Waals surface area contributed by atoms with Gasteiger partial charge >= 0.3 is 6.01 Å². The minimum absolute atomic E-state index is 0.256. The molecule has 0 saturated carbocycles. The monoisotopic (exact) mass is 389 g/mol. The highest BCUT2D eigenvalue weighted by Crippen LogP contribution is 2.20. The van der Waals surface area contributed by atoms with Crippen molar-refractivity contribution in [1.29, 1.82) is 0 Å². The minimum Gasteiger partial charge on any atom is -0.467 e. The summed E-state index contributed by atoms with van der Waals surface area (Å²) in [5, 5.41) is 6.24. The quantitative estimate of drug-likeness (QED) is 0.631. The molecule has 0 atom stereocenters. The van der Waals surface area contributed by atoms with Crippen LogP contribution in [-0.2, 0) is 6.54 Å². The molecule has 2 aromatic heterocycles. The van der Waals surface area contributed by atoms with E-state index < -0.39 is 0 Å². The SMILES string of the molecule is CCOc1nc(NCc2ccco2)nc(Nc2cccc(Br)c2)n1. The number of aromatic nitrogens is 3. The molecule has 2 heterocycles. The molecule has 124 valence electrons. The number of nitrogens with one attached hydrogen (secondary N) is 2. The Morgan fingerprint density at radius 3 is 2.75 bits per heavy atom. The summed E-state index contributed by atoms with van der Waals surface area (Å²) in [5.41, 5.74) is 0.856. The molecule has 0 spiro atoms. The molecule has 0 amide bonds. The number of anilines is 3. The van der Waals surface area contributed by atoms with Crippen LogP contribution in [0.4, 0.5) is 17.6 Å². The van der Waals surface area contributed by atoms with E-state index in [-0.39, 0.29) is 6.01 Å². The first-order chi connectivity index (χ1) is 11.7. The van der Waals surface area contributed by atoms with Gasteiger partial charge in [0.05, 0.1) is 19.4 Å². The highest BCUT2D eigenvalue weighted by Gasteiger charge is 2.08. The van der Waals surface area contributed by atoms with Gasteiger partial charge in [-0.1, -0.05) is 22.0 Å². The Hall–Kier alpha value is -2.61. The Morgan fingerprint density at radius 2 is 2.00 bits per heavy atom. The number of nitrogens with zero attached hydrogens (tertiary/aromatic N) is 3. The third-order valence-electron chi connectivity index (χ3n) is 2.97. The van der Waals surface area contributed by atoms with Crippen molar-refractivity contribution < 1.29 is 9.15 Å². The zero-order valence-corrected chi connectivity index (χ0v) is 14.6. The van der Waals surface area contributed by atoms with Crippen molar-refractivity contribution in [2.24, 2.45) is 0 Å². The summed E-state index contributed by atoms with van der Waals surface area (Å²) in [5.74, 6) is 1.59. The van der Waals surface area contributed by atoms with Crippen LogP contribution in [0.5, 0.6) is 6.01 Å². The first-order valence-corrected chi connectivity index (χ1v) is 8.20. The van der Waals surface area contributed by atoms with Crippen molar-refractivity contribution in [3.8, 4) is 6.01 Å². The maximum atomic E-state index is 5.41. The summed E-state index contributed by atoms with van der Waals surface area (Å²) in [6.45, 7) is 2.82. The summed E-state index contributed by atoms with van der Waals surface area (Å²) >= 11 is 3.44. The largest absolute Gasteiger partial charge is 0.467 e. The summed E-state index contributed by atoms with van der Waals surface area (Å²) in [7, 11) is 0. The van der Waals surface area contributed by atoms with Crippen LogP contribution in [0.2, 0.25) is 0 Å². The van der Waals surface area contributed by atoms with Gasteiger partial charge in [-0.3, -0.25) is 0 Å². The summed E-state index contributed by atoms with van der Waals surface area (Å²) in [6, 6.07) is 11.7. The van der Waals surface area contributed by atoms with Gasteiger partial charge in [-0.2, -0.15) is 15.0 Å². The molecule has 24 heavy (non-hydrogen) atoms. The molecule has 0 fully saturated rings. The van der Waals surface area contributed by atoms with Crippen LogP contribution in [0.1, 0.15) is 12.7 Å². The van der Waals surface area contributed by atoms with Gasteiger partial charge in [-0.25, -0.2) is 0 Å². The van der Waals surface area contributed by atoms with Crippen LogP contribution in [0.3, 0.4) is 0 Å². The Morgan fingerprint density at radius 1 is 1.12 bits per heavy atom. The highest BCUT2D eigenvalue weighted by atomic mass is 79.9. The van der Waals surface area contributed by atoms with E-state index in [0.29, 0.717) is 25.0 Å². The van der Waals surface area contributed by atoms with Gasteiger partial charge in [0.2, 0.25) is 11.9 Å². The lowest BCUT2D eigenvalue weighted by atomic mass is 10.3. The van der Waals surface area contributed by atoms with E-state index >= 15 is 0 Å². The van der Waals surface area contributed by atoms with Crippen LogP contribution < -0.4 is 15.4 Å². The average molecular weight is 390 g/mol. The fraction of sp³-hybridized carbons (Fsp3) is 0.188. The lowest BCUT2D eigenvalue weighted by Gasteiger charge is -2.10. The normalized spacial score (nSPS) is 10.4. The molecular weight excluding hydrogens is 374 g/mol. The summed E-state index contributed by atoms with van der Waals surface area (Å²) in [4.78, 5) is 12.9. The number of halogens is 1. The van der Waals surface area contributed by atoms with Gasteiger partial charge in [-0.15, -0.1) is 0 Å². The zero-order valence-electron chi connectivity index (χ0n) is 13.0. The van der Waals surface area contributed by atoms with Gasteiger partial charge in [0.15, 0.2) is 0 Å². The Balaban J connectivity index is 1.79. The third-order valence-corrected chi connectivity index (χ3v) is 3.46. The van der Waals surface area contributed by atoms with Crippen LogP contribution in [0.15, 0.2) is 51.6 Å². The van der Waals surface area contributed by atoms with Gasteiger partial charge in [-0.05, 0) is 37.3 Å². The molecule has 0 bridgehead atoms. The Bertz CT molecular complexity index is 795. The van der Waals surface area contributed by atoms with Crippen molar-refractivity contribution in [2.75, 3.05) is 17.2 Å². The van der Waals surface area contributed by atoms with E-state index in [0.717, 1.165) is 15.9 Å². The molecule has 3 rings (SSSR count). The van der Waals surface area contributed by atoms with E-state index in [1.54, 1.807) is 6.26 Å². The number of rotatable bonds is 7. The van der Waals surface area contributed by atoms with E-state index in [1.165, 1.54) is 0 Å². The zero-order chi connectivity index (χ0) is 16.8. The first-order valence-electron chi connectivity index (χ1n) is 7.40. The molecule has 7 nitrogen and oxygen atoms in total. The van der Waals surface area contributed by atoms with Crippen LogP contribution >= 0.6 is 15.9 Å². The topological polar surface area (TPSA) is 85.1 Å². The number of hydrogen-bond donors (Lipinski definition) is 2. The Kier molecular flexibility index (Phi) is 5.27. The lowest BCUT2D eigenvalue weighted by molar-refractivity contribution is 0.312. The summed E-state index contributed by atoms with van der Waals surface area (Å²) < 4.78 is 11.7. The van der Waals surface area contributed by atoms with Crippen molar-refractivity contribution in [3.63, 3.8) is 0 Å². The molecule has 0 aliphatic carbocycles. The van der Waals surface area contributed by atoms with Crippen molar-refractivity contribution in [3.05, 3.63) is 52.9 Å². The number of hydrogen-bond acceptors (Lipinski definition) is 7. The molecule has 2 N–H and O–H groups in total. The molecule has 0 unspecified atom stereocenters. The third kappa shape index (κ3) is 4.45.